The number of methoxy groups -OCH3 is 1. The van der Waals surface area contributed by atoms with E-state index in [0.717, 1.165) is 6.07 Å². The van der Waals surface area contributed by atoms with E-state index in [2.05, 4.69) is 4.74 Å². The monoisotopic (exact) mass is 352 g/mol. The third kappa shape index (κ3) is 4.91. The molecular weight excluding hydrogens is 328 g/mol. The molecule has 0 saturated heterocycles. The van der Waals surface area contributed by atoms with Crippen LogP contribution in [0.2, 0.25) is 0 Å². The van der Waals surface area contributed by atoms with Gasteiger partial charge in [0.25, 0.3) is 5.91 Å². The Hall–Kier alpha value is -2.64. The van der Waals surface area contributed by atoms with E-state index in [1.165, 1.54) is 26.2 Å². The molecule has 0 saturated carbocycles. The maximum absolute atomic E-state index is 12.6. The van der Waals surface area contributed by atoms with E-state index in [1.807, 2.05) is 27.7 Å². The number of nitrogens with zero attached hydrogens (tertiary/aromatic N) is 2. The van der Waals surface area contributed by atoms with Crippen LogP contribution in [0.1, 0.15) is 45.0 Å². The fourth-order valence-electron chi connectivity index (χ4n) is 2.56. The summed E-state index contributed by atoms with van der Waals surface area (Å²) in [5.41, 5.74) is -0.366. The van der Waals surface area contributed by atoms with Gasteiger partial charge in [0.1, 0.15) is 0 Å². The van der Waals surface area contributed by atoms with Crippen LogP contribution >= 0.6 is 0 Å². The van der Waals surface area contributed by atoms with Gasteiger partial charge in [-0.25, -0.2) is 4.79 Å². The highest BCUT2D eigenvalue weighted by atomic mass is 16.6. The number of carbonyl (C=O) groups is 2. The largest absolute Gasteiger partial charge is 0.474 e. The normalized spacial score (nSPS) is 12.0. The number of hydrogen-bond acceptors (Lipinski definition) is 6. The van der Waals surface area contributed by atoms with E-state index in [-0.39, 0.29) is 29.3 Å². The molecular formula is C17H24N2O6. The van der Waals surface area contributed by atoms with Crippen molar-refractivity contribution < 1.29 is 24.0 Å². The molecule has 8 heteroatoms. The lowest BCUT2D eigenvalue weighted by Crippen LogP contribution is -2.48. The Balaban J connectivity index is 3.11. The highest BCUT2D eigenvalue weighted by Crippen LogP contribution is 2.29. The molecule has 0 fully saturated rings. The second-order valence-electron chi connectivity index (χ2n) is 6.12. The van der Waals surface area contributed by atoms with E-state index in [4.69, 9.17) is 4.74 Å². The smallest absolute Gasteiger partial charge is 0.338 e. The van der Waals surface area contributed by atoms with E-state index in [9.17, 15) is 19.7 Å². The van der Waals surface area contributed by atoms with Gasteiger partial charge in [-0.15, -0.1) is 0 Å². The summed E-state index contributed by atoms with van der Waals surface area (Å²) in [5, 5.41) is 11.3. The second-order valence-corrected chi connectivity index (χ2v) is 6.12. The van der Waals surface area contributed by atoms with Gasteiger partial charge in [-0.2, -0.15) is 0 Å². The van der Waals surface area contributed by atoms with Crippen molar-refractivity contribution in [3.63, 3.8) is 0 Å². The fraction of sp³-hybridized carbons (Fsp3) is 0.529. The molecule has 0 heterocycles. The van der Waals surface area contributed by atoms with Crippen LogP contribution in [0, 0.1) is 10.1 Å². The summed E-state index contributed by atoms with van der Waals surface area (Å²) < 4.78 is 10.1. The van der Waals surface area contributed by atoms with E-state index in [0.29, 0.717) is 0 Å². The summed E-state index contributed by atoms with van der Waals surface area (Å²) in [6.07, 6.45) is -0.910. The molecule has 0 aliphatic rings. The van der Waals surface area contributed by atoms with Gasteiger partial charge in [0, 0.05) is 18.2 Å². The van der Waals surface area contributed by atoms with Crippen molar-refractivity contribution in [2.45, 2.75) is 52.8 Å². The number of nitro groups is 1. The van der Waals surface area contributed by atoms with Crippen molar-refractivity contribution in [1.82, 2.24) is 4.90 Å². The zero-order valence-electron chi connectivity index (χ0n) is 15.3. The highest BCUT2D eigenvalue weighted by molar-refractivity contribution is 5.90. The molecule has 0 unspecified atom stereocenters. The third-order valence-electron chi connectivity index (χ3n) is 3.60. The average molecular weight is 352 g/mol. The van der Waals surface area contributed by atoms with Crippen LogP contribution in [-0.4, -0.2) is 47.0 Å². The Morgan fingerprint density at radius 1 is 1.12 bits per heavy atom. The Morgan fingerprint density at radius 2 is 1.68 bits per heavy atom. The molecule has 0 bridgehead atoms. The van der Waals surface area contributed by atoms with Crippen LogP contribution in [-0.2, 0) is 9.53 Å². The third-order valence-corrected chi connectivity index (χ3v) is 3.60. The molecule has 1 aromatic rings. The lowest BCUT2D eigenvalue weighted by molar-refractivity contribution is -0.386. The van der Waals surface area contributed by atoms with Gasteiger partial charge >= 0.3 is 11.7 Å². The molecule has 0 aliphatic carbocycles. The van der Waals surface area contributed by atoms with Gasteiger partial charge in [0.05, 0.1) is 17.6 Å². The number of rotatable bonds is 7. The minimum Gasteiger partial charge on any atom is -0.474 e. The van der Waals surface area contributed by atoms with Crippen molar-refractivity contribution in [2.24, 2.45) is 0 Å². The first kappa shape index (κ1) is 20.4. The van der Waals surface area contributed by atoms with Gasteiger partial charge in [-0.1, -0.05) is 0 Å². The zero-order chi connectivity index (χ0) is 19.3. The van der Waals surface area contributed by atoms with Crippen LogP contribution in [0.4, 0.5) is 5.69 Å². The number of benzene rings is 1. The average Bonchev–Trinajstić information content (AvgIpc) is 2.53. The number of nitro benzene ring substituents is 1. The predicted molar refractivity (Wildman–Crippen MR) is 91.6 cm³/mol. The number of ether oxygens (including phenoxy) is 2. The summed E-state index contributed by atoms with van der Waals surface area (Å²) in [4.78, 5) is 36.4. The molecule has 0 aliphatic heterocycles. The Kier molecular flexibility index (Phi) is 6.90. The molecule has 1 rings (SSSR count). The van der Waals surface area contributed by atoms with Crippen molar-refractivity contribution >= 4 is 17.6 Å². The maximum Gasteiger partial charge on any atom is 0.338 e. The Morgan fingerprint density at radius 3 is 2.12 bits per heavy atom. The lowest BCUT2D eigenvalue weighted by atomic mass is 10.1. The first-order valence-electron chi connectivity index (χ1n) is 7.95. The topological polar surface area (TPSA) is 99.0 Å². The van der Waals surface area contributed by atoms with E-state index in [1.54, 1.807) is 4.90 Å². The zero-order valence-corrected chi connectivity index (χ0v) is 15.3. The van der Waals surface area contributed by atoms with Crippen LogP contribution in [0.25, 0.3) is 0 Å². The number of carbonyl (C=O) groups excluding carboxylic acids is 2. The molecule has 25 heavy (non-hydrogen) atoms. The molecule has 0 aromatic heterocycles. The molecule has 138 valence electrons. The number of amides is 1. The quantitative estimate of drug-likeness (QED) is 0.425. The van der Waals surface area contributed by atoms with Crippen LogP contribution in [0.3, 0.4) is 0 Å². The summed E-state index contributed by atoms with van der Waals surface area (Å²) in [5.74, 6) is -1.04. The predicted octanol–water partition coefficient (Wildman–Crippen LogP) is 2.79. The lowest BCUT2D eigenvalue weighted by Gasteiger charge is -2.32. The SMILES string of the molecule is COC(=O)c1ccc(O[C@@H](C)C(=O)N(C(C)C)C(C)C)c([N+](=O)[O-])c1. The van der Waals surface area contributed by atoms with Gasteiger partial charge < -0.3 is 14.4 Å². The van der Waals surface area contributed by atoms with Gasteiger partial charge in [0.15, 0.2) is 11.9 Å². The Labute approximate surface area is 146 Å². The highest BCUT2D eigenvalue weighted by Gasteiger charge is 2.28. The fourth-order valence-corrected chi connectivity index (χ4v) is 2.56. The van der Waals surface area contributed by atoms with Gasteiger partial charge in [0.2, 0.25) is 0 Å². The summed E-state index contributed by atoms with van der Waals surface area (Å²) in [7, 11) is 1.19. The molecule has 0 radical (unpaired) electrons. The van der Waals surface area contributed by atoms with Crippen molar-refractivity contribution in [2.75, 3.05) is 7.11 Å². The Bertz CT molecular complexity index is 649. The minimum atomic E-state index is -0.910. The molecule has 0 spiro atoms. The summed E-state index contributed by atoms with van der Waals surface area (Å²) >= 11 is 0. The molecule has 0 N–H and O–H groups in total. The number of hydrogen-bond donors (Lipinski definition) is 0. The van der Waals surface area contributed by atoms with Crippen molar-refractivity contribution in [3.05, 3.63) is 33.9 Å². The summed E-state index contributed by atoms with van der Waals surface area (Å²) in [6.45, 7) is 9.09. The van der Waals surface area contributed by atoms with E-state index < -0.39 is 22.7 Å². The minimum absolute atomic E-state index is 0.0322. The van der Waals surface area contributed by atoms with Crippen LogP contribution < -0.4 is 4.74 Å². The molecule has 8 nitrogen and oxygen atoms in total. The number of esters is 1. The summed E-state index contributed by atoms with van der Waals surface area (Å²) in [6, 6.07) is 3.66. The second kappa shape index (κ2) is 8.46. The maximum atomic E-state index is 12.6. The first-order valence-corrected chi connectivity index (χ1v) is 7.95. The standard InChI is InChI=1S/C17H24N2O6/c1-10(2)18(11(3)4)16(20)12(5)25-15-8-7-13(17(21)24-6)9-14(15)19(22)23/h7-12H,1-6H3/t12-/m0/s1. The van der Waals surface area contributed by atoms with Gasteiger partial charge in [-0.3, -0.25) is 14.9 Å². The van der Waals surface area contributed by atoms with Crippen LogP contribution in [0.5, 0.6) is 5.75 Å². The first-order chi connectivity index (χ1) is 11.6. The van der Waals surface area contributed by atoms with E-state index >= 15 is 0 Å². The van der Waals surface area contributed by atoms with Crippen molar-refractivity contribution in [1.29, 1.82) is 0 Å². The molecule has 1 atom stereocenters. The van der Waals surface area contributed by atoms with Crippen LogP contribution in [0.15, 0.2) is 18.2 Å². The molecule has 1 aromatic carbocycles. The van der Waals surface area contributed by atoms with Crippen molar-refractivity contribution in [3.8, 4) is 5.75 Å². The molecule has 1 amide bonds. The van der Waals surface area contributed by atoms with Gasteiger partial charge in [-0.05, 0) is 46.8 Å².